The predicted molar refractivity (Wildman–Crippen MR) is 27.0 cm³/mol. The number of carboxylic acid groups (broad SMARTS) is 1. The van der Waals surface area contributed by atoms with Crippen molar-refractivity contribution in [3.8, 4) is 0 Å². The van der Waals surface area contributed by atoms with Gasteiger partial charge in [-0.3, -0.25) is 0 Å². The molecule has 1 amide bonds. The summed E-state index contributed by atoms with van der Waals surface area (Å²) in [5.41, 5.74) is 2.51. The molecule has 0 atom stereocenters. The lowest BCUT2D eigenvalue weighted by Gasteiger charge is -2.09. The second-order valence-corrected chi connectivity index (χ2v) is 1.42. The van der Waals surface area contributed by atoms with Crippen LogP contribution in [-0.4, -0.2) is 22.8 Å². The predicted octanol–water partition coefficient (Wildman–Crippen LogP) is -0.00170. The molecule has 0 aromatic heterocycles. The molecule has 1 rings (SSSR count). The molecule has 1 aliphatic heterocycles. The molecule has 0 bridgehead atoms. The highest BCUT2D eigenvalue weighted by Gasteiger charge is 2.09. The van der Waals surface area contributed by atoms with E-state index in [0.29, 0.717) is 6.54 Å². The summed E-state index contributed by atoms with van der Waals surface area (Å²) in [5, 5.41) is 9.32. The van der Waals surface area contributed by atoms with Gasteiger partial charge in [0.1, 0.15) is 0 Å². The Labute approximate surface area is 46.4 Å². The summed E-state index contributed by atoms with van der Waals surface area (Å²) in [6.45, 7) is 0.440. The van der Waals surface area contributed by atoms with Gasteiger partial charge in [-0.1, -0.05) is 0 Å². The molecule has 1 heterocycles. The van der Waals surface area contributed by atoms with E-state index in [1.165, 1.54) is 0 Å². The van der Waals surface area contributed by atoms with Gasteiger partial charge in [0.2, 0.25) is 0 Å². The molecule has 0 radical (unpaired) electrons. The fourth-order valence-electron chi connectivity index (χ4n) is 0.487. The third kappa shape index (κ3) is 0.726. The van der Waals surface area contributed by atoms with Gasteiger partial charge in [-0.25, -0.2) is 9.80 Å². The normalized spacial score (nSPS) is 16.2. The van der Waals surface area contributed by atoms with Crippen LogP contribution in [0.4, 0.5) is 4.79 Å². The number of nitrogens with zero attached hydrogens (tertiary/aromatic N) is 1. The van der Waals surface area contributed by atoms with Crippen molar-refractivity contribution in [3.63, 3.8) is 0 Å². The molecule has 0 unspecified atom stereocenters. The molecule has 4 nitrogen and oxygen atoms in total. The van der Waals surface area contributed by atoms with Crippen molar-refractivity contribution < 1.29 is 9.90 Å². The fourth-order valence-corrected chi connectivity index (χ4v) is 0.487. The first kappa shape index (κ1) is 4.96. The maximum atomic E-state index is 10.0. The van der Waals surface area contributed by atoms with E-state index in [4.69, 9.17) is 5.11 Å². The SMILES string of the molecule is O=C(O)N1CC=CN1. The largest absolute Gasteiger partial charge is 0.464 e. The van der Waals surface area contributed by atoms with Gasteiger partial charge in [0.15, 0.2) is 0 Å². The highest BCUT2D eigenvalue weighted by Crippen LogP contribution is 1.90. The van der Waals surface area contributed by atoms with E-state index in [-0.39, 0.29) is 0 Å². The van der Waals surface area contributed by atoms with Gasteiger partial charge in [-0.2, -0.15) is 0 Å². The van der Waals surface area contributed by atoms with Gasteiger partial charge in [-0.15, -0.1) is 0 Å². The number of hydrogen-bond donors (Lipinski definition) is 2. The van der Waals surface area contributed by atoms with Crippen molar-refractivity contribution in [2.75, 3.05) is 6.54 Å². The highest BCUT2D eigenvalue weighted by molar-refractivity contribution is 5.65. The number of hydrogen-bond acceptors (Lipinski definition) is 2. The summed E-state index contributed by atoms with van der Waals surface area (Å²) in [4.78, 5) is 10.0. The van der Waals surface area contributed by atoms with Crippen molar-refractivity contribution in [1.82, 2.24) is 10.4 Å². The lowest BCUT2D eigenvalue weighted by Crippen LogP contribution is -2.34. The van der Waals surface area contributed by atoms with E-state index in [0.717, 1.165) is 5.01 Å². The summed E-state index contributed by atoms with van der Waals surface area (Å²) in [7, 11) is 0. The van der Waals surface area contributed by atoms with E-state index < -0.39 is 6.09 Å². The van der Waals surface area contributed by atoms with Crippen LogP contribution >= 0.6 is 0 Å². The van der Waals surface area contributed by atoms with E-state index in [9.17, 15) is 4.79 Å². The minimum atomic E-state index is -0.949. The van der Waals surface area contributed by atoms with Gasteiger partial charge < -0.3 is 10.5 Å². The fraction of sp³-hybridized carbons (Fsp3) is 0.250. The summed E-state index contributed by atoms with van der Waals surface area (Å²) >= 11 is 0. The molecule has 1 aliphatic rings. The molecule has 0 fully saturated rings. The molecule has 0 aromatic carbocycles. The Morgan fingerprint density at radius 3 is 2.88 bits per heavy atom. The van der Waals surface area contributed by atoms with E-state index in [1.54, 1.807) is 12.3 Å². The standard InChI is InChI=1S/C4H6N2O2/c7-4(8)6-3-1-2-5-6/h1-2,5H,3H2,(H,7,8). The van der Waals surface area contributed by atoms with Gasteiger partial charge in [-0.05, 0) is 6.08 Å². The molecule has 0 saturated heterocycles. The molecule has 0 spiro atoms. The van der Waals surface area contributed by atoms with Gasteiger partial charge in [0.05, 0.1) is 6.54 Å². The molecule has 4 heteroatoms. The molecule has 0 aromatic rings. The monoisotopic (exact) mass is 114 g/mol. The minimum absolute atomic E-state index is 0.440. The van der Waals surface area contributed by atoms with E-state index in [1.807, 2.05) is 0 Å². The van der Waals surface area contributed by atoms with Gasteiger partial charge in [0.25, 0.3) is 0 Å². The number of carbonyl (C=O) groups is 1. The summed E-state index contributed by atoms with van der Waals surface area (Å²) in [5.74, 6) is 0. The smallest absolute Gasteiger partial charge is 0.426 e. The van der Waals surface area contributed by atoms with Crippen LogP contribution < -0.4 is 5.43 Å². The zero-order valence-corrected chi connectivity index (χ0v) is 4.16. The highest BCUT2D eigenvalue weighted by atomic mass is 16.4. The maximum Gasteiger partial charge on any atom is 0.426 e. The lowest BCUT2D eigenvalue weighted by atomic mass is 10.6. The Hall–Kier alpha value is -1.19. The van der Waals surface area contributed by atoms with E-state index >= 15 is 0 Å². The van der Waals surface area contributed by atoms with Crippen LogP contribution in [0.25, 0.3) is 0 Å². The molecule has 0 aliphatic carbocycles. The molecule has 2 N–H and O–H groups in total. The third-order valence-electron chi connectivity index (χ3n) is 0.867. The Bertz CT molecular complexity index is 124. The Morgan fingerprint density at radius 2 is 2.62 bits per heavy atom. The summed E-state index contributed by atoms with van der Waals surface area (Å²) < 4.78 is 0. The van der Waals surface area contributed by atoms with Crippen molar-refractivity contribution in [1.29, 1.82) is 0 Å². The van der Waals surface area contributed by atoms with E-state index in [2.05, 4.69) is 5.43 Å². The first-order valence-corrected chi connectivity index (χ1v) is 2.22. The Morgan fingerprint density at radius 1 is 1.88 bits per heavy atom. The van der Waals surface area contributed by atoms with Crippen molar-refractivity contribution >= 4 is 6.09 Å². The van der Waals surface area contributed by atoms with Crippen molar-refractivity contribution in [2.24, 2.45) is 0 Å². The quantitative estimate of drug-likeness (QED) is 0.466. The molecular formula is C4H6N2O2. The van der Waals surface area contributed by atoms with Crippen LogP contribution in [0.15, 0.2) is 12.3 Å². The van der Waals surface area contributed by atoms with Crippen LogP contribution in [0, 0.1) is 0 Å². The zero-order valence-electron chi connectivity index (χ0n) is 4.16. The first-order valence-electron chi connectivity index (χ1n) is 2.22. The zero-order chi connectivity index (χ0) is 5.98. The average Bonchev–Trinajstić information content (AvgIpc) is 2.12. The molecule has 44 valence electrons. The number of rotatable bonds is 0. The number of amides is 1. The molecule has 0 saturated carbocycles. The number of nitrogens with one attached hydrogen (secondary N) is 1. The number of hydrazine groups is 1. The van der Waals surface area contributed by atoms with Crippen LogP contribution in [0.3, 0.4) is 0 Å². The van der Waals surface area contributed by atoms with Gasteiger partial charge >= 0.3 is 6.09 Å². The summed E-state index contributed by atoms with van der Waals surface area (Å²) in [6, 6.07) is 0. The van der Waals surface area contributed by atoms with Crippen LogP contribution in [0.2, 0.25) is 0 Å². The molecule has 8 heavy (non-hydrogen) atoms. The second kappa shape index (κ2) is 1.73. The maximum absolute atomic E-state index is 10.0. The first-order chi connectivity index (χ1) is 3.80. The molecular weight excluding hydrogens is 108 g/mol. The van der Waals surface area contributed by atoms with Crippen LogP contribution in [0.5, 0.6) is 0 Å². The second-order valence-electron chi connectivity index (χ2n) is 1.42. The third-order valence-corrected chi connectivity index (χ3v) is 0.867. The van der Waals surface area contributed by atoms with Crippen LogP contribution in [-0.2, 0) is 0 Å². The van der Waals surface area contributed by atoms with Gasteiger partial charge in [0, 0.05) is 6.20 Å². The minimum Gasteiger partial charge on any atom is -0.464 e. The average molecular weight is 114 g/mol. The topological polar surface area (TPSA) is 52.6 Å². The van der Waals surface area contributed by atoms with Crippen molar-refractivity contribution in [2.45, 2.75) is 0 Å². The van der Waals surface area contributed by atoms with Crippen LogP contribution in [0.1, 0.15) is 0 Å². The van der Waals surface area contributed by atoms with Crippen molar-refractivity contribution in [3.05, 3.63) is 12.3 Å². The Balaban J connectivity index is 2.41. The lowest BCUT2D eigenvalue weighted by molar-refractivity contribution is 0.141. The summed E-state index contributed by atoms with van der Waals surface area (Å²) in [6.07, 6.45) is 2.37. The Kier molecular flexibility index (Phi) is 1.07.